The maximum atomic E-state index is 13.6. The molecule has 0 fully saturated rings. The van der Waals surface area contributed by atoms with E-state index in [-0.39, 0.29) is 18.1 Å². The van der Waals surface area contributed by atoms with E-state index in [2.05, 4.69) is 10.6 Å². The van der Waals surface area contributed by atoms with Crippen LogP contribution in [0.25, 0.3) is 0 Å². The first kappa shape index (κ1) is 20.3. The lowest BCUT2D eigenvalue weighted by molar-refractivity contribution is -0.138. The van der Waals surface area contributed by atoms with Crippen molar-refractivity contribution in [2.24, 2.45) is 5.41 Å². The van der Waals surface area contributed by atoms with Crippen LogP contribution in [0.2, 0.25) is 0 Å². The van der Waals surface area contributed by atoms with Crippen molar-refractivity contribution < 1.29 is 18.8 Å². The molecule has 27 heavy (non-hydrogen) atoms. The smallest absolute Gasteiger partial charge is 0.239 e. The van der Waals surface area contributed by atoms with Gasteiger partial charge in [-0.2, -0.15) is 0 Å². The largest absolute Gasteiger partial charge is 0.355 e. The molecule has 0 atom stereocenters. The Morgan fingerprint density at radius 3 is 2.37 bits per heavy atom. The first-order valence-electron chi connectivity index (χ1n) is 8.66. The fraction of sp³-hybridized carbons (Fsp3) is 0.286. The third-order valence-electron chi connectivity index (χ3n) is 4.30. The van der Waals surface area contributed by atoms with Gasteiger partial charge in [-0.1, -0.05) is 30.3 Å². The molecule has 0 aliphatic carbocycles. The zero-order valence-corrected chi connectivity index (χ0v) is 15.6. The Kier molecular flexibility index (Phi) is 6.45. The number of carbonyl (C=O) groups is 3. The molecule has 142 valence electrons. The predicted molar refractivity (Wildman–Crippen MR) is 102 cm³/mol. The maximum absolute atomic E-state index is 13.6. The fourth-order valence-electron chi connectivity index (χ4n) is 2.44. The molecule has 0 aromatic heterocycles. The Bertz CT molecular complexity index is 862. The average Bonchev–Trinajstić information content (AvgIpc) is 2.63. The number of benzene rings is 2. The van der Waals surface area contributed by atoms with E-state index in [4.69, 9.17) is 0 Å². The molecule has 0 heterocycles. The minimum Gasteiger partial charge on any atom is -0.355 e. The normalized spacial score (nSPS) is 11.0. The van der Waals surface area contributed by atoms with E-state index < -0.39 is 17.2 Å². The second-order valence-corrected chi connectivity index (χ2v) is 6.81. The number of ketones is 1. The lowest BCUT2D eigenvalue weighted by atomic mass is 9.90. The first-order chi connectivity index (χ1) is 12.7. The lowest BCUT2D eigenvalue weighted by Crippen LogP contribution is -2.45. The van der Waals surface area contributed by atoms with Crippen molar-refractivity contribution in [3.63, 3.8) is 0 Å². The van der Waals surface area contributed by atoms with E-state index >= 15 is 0 Å². The molecule has 0 unspecified atom stereocenters. The van der Waals surface area contributed by atoms with Crippen LogP contribution in [-0.4, -0.2) is 24.1 Å². The molecule has 5 nitrogen and oxygen atoms in total. The molecule has 0 radical (unpaired) electrons. The molecule has 2 aromatic carbocycles. The summed E-state index contributed by atoms with van der Waals surface area (Å²) in [7, 11) is 0. The molecule has 0 saturated carbocycles. The van der Waals surface area contributed by atoms with Gasteiger partial charge in [-0.05, 0) is 51.0 Å². The Morgan fingerprint density at radius 1 is 1.00 bits per heavy atom. The van der Waals surface area contributed by atoms with E-state index in [0.717, 1.165) is 0 Å². The molecule has 2 aromatic rings. The summed E-state index contributed by atoms with van der Waals surface area (Å²) in [6, 6.07) is 12.9. The van der Waals surface area contributed by atoms with Crippen LogP contribution in [0.4, 0.5) is 10.1 Å². The number of carbonyl (C=O) groups excluding carboxylic acids is 3. The number of nitrogens with one attached hydrogen (secondary N) is 2. The van der Waals surface area contributed by atoms with Crippen molar-refractivity contribution in [3.05, 3.63) is 65.5 Å². The molecule has 0 spiro atoms. The van der Waals surface area contributed by atoms with E-state index in [1.54, 1.807) is 42.5 Å². The summed E-state index contributed by atoms with van der Waals surface area (Å²) < 4.78 is 13.6. The molecule has 6 heteroatoms. The van der Waals surface area contributed by atoms with Crippen LogP contribution in [0.1, 0.15) is 36.7 Å². The average molecular weight is 370 g/mol. The number of hydrogen-bond donors (Lipinski definition) is 2. The van der Waals surface area contributed by atoms with Gasteiger partial charge in [-0.15, -0.1) is 0 Å². The molecular formula is C21H23FN2O3. The lowest BCUT2D eigenvalue weighted by Gasteiger charge is -2.23. The van der Waals surface area contributed by atoms with E-state index in [0.29, 0.717) is 23.2 Å². The summed E-state index contributed by atoms with van der Waals surface area (Å²) in [6.45, 7) is 4.68. The Balaban J connectivity index is 1.96. The highest BCUT2D eigenvalue weighted by atomic mass is 19.1. The van der Waals surface area contributed by atoms with Gasteiger partial charge in [0.15, 0.2) is 5.78 Å². The van der Waals surface area contributed by atoms with Crippen molar-refractivity contribution in [2.75, 3.05) is 11.9 Å². The van der Waals surface area contributed by atoms with Gasteiger partial charge in [-0.25, -0.2) is 4.39 Å². The molecule has 2 amide bonds. The van der Waals surface area contributed by atoms with Gasteiger partial charge in [0.05, 0.1) is 0 Å². The maximum Gasteiger partial charge on any atom is 0.239 e. The van der Waals surface area contributed by atoms with Crippen molar-refractivity contribution in [3.8, 4) is 0 Å². The minimum atomic E-state index is -1.33. The zero-order chi connectivity index (χ0) is 20.0. The van der Waals surface area contributed by atoms with Crippen molar-refractivity contribution in [1.29, 1.82) is 0 Å². The SMILES string of the molecule is CC(=O)c1cccc(NC(=O)C(C)(C)C(=O)NCCc2ccccc2F)c1. The highest BCUT2D eigenvalue weighted by molar-refractivity contribution is 6.10. The number of anilines is 1. The second kappa shape index (κ2) is 8.58. The number of amides is 2. The number of hydrogen-bond acceptors (Lipinski definition) is 3. The quantitative estimate of drug-likeness (QED) is 0.580. The highest BCUT2D eigenvalue weighted by Gasteiger charge is 2.35. The van der Waals surface area contributed by atoms with Gasteiger partial charge in [0, 0.05) is 17.8 Å². The number of halogens is 1. The Hall–Kier alpha value is -3.02. The Labute approximate surface area is 158 Å². The van der Waals surface area contributed by atoms with Crippen molar-refractivity contribution in [2.45, 2.75) is 27.2 Å². The van der Waals surface area contributed by atoms with E-state index in [1.807, 2.05) is 0 Å². The Morgan fingerprint density at radius 2 is 1.70 bits per heavy atom. The highest BCUT2D eigenvalue weighted by Crippen LogP contribution is 2.20. The van der Waals surface area contributed by atoms with Gasteiger partial charge < -0.3 is 10.6 Å². The summed E-state index contributed by atoms with van der Waals surface area (Å²) >= 11 is 0. The number of Topliss-reactive ketones (excluding diaryl/α,β-unsaturated/α-hetero) is 1. The zero-order valence-electron chi connectivity index (χ0n) is 15.6. The van der Waals surface area contributed by atoms with Gasteiger partial charge in [0.2, 0.25) is 11.8 Å². The van der Waals surface area contributed by atoms with Crippen LogP contribution >= 0.6 is 0 Å². The van der Waals surface area contributed by atoms with Crippen LogP contribution in [0.3, 0.4) is 0 Å². The summed E-state index contributed by atoms with van der Waals surface area (Å²) in [6.07, 6.45) is 0.330. The fourth-order valence-corrected chi connectivity index (χ4v) is 2.44. The molecule has 0 aliphatic heterocycles. The molecule has 0 aliphatic rings. The monoisotopic (exact) mass is 370 g/mol. The van der Waals surface area contributed by atoms with Gasteiger partial charge in [0.1, 0.15) is 11.2 Å². The third kappa shape index (κ3) is 5.23. The summed E-state index contributed by atoms with van der Waals surface area (Å²) in [5, 5.41) is 5.34. The summed E-state index contributed by atoms with van der Waals surface area (Å²) in [5.74, 6) is -1.39. The first-order valence-corrected chi connectivity index (χ1v) is 8.66. The molecular weight excluding hydrogens is 347 g/mol. The van der Waals surface area contributed by atoms with Crippen LogP contribution in [-0.2, 0) is 16.0 Å². The van der Waals surface area contributed by atoms with Gasteiger partial charge in [-0.3, -0.25) is 14.4 Å². The standard InChI is InChI=1S/C21H23FN2O3/c1-14(25)16-8-6-9-17(13-16)24-20(27)21(2,3)19(26)23-12-11-15-7-4-5-10-18(15)22/h4-10,13H,11-12H2,1-3H3,(H,23,26)(H,24,27). The van der Waals surface area contributed by atoms with Crippen LogP contribution in [0.5, 0.6) is 0 Å². The third-order valence-corrected chi connectivity index (χ3v) is 4.30. The van der Waals surface area contributed by atoms with Gasteiger partial charge in [0.25, 0.3) is 0 Å². The van der Waals surface area contributed by atoms with Crippen LogP contribution in [0, 0.1) is 11.2 Å². The van der Waals surface area contributed by atoms with Crippen LogP contribution in [0.15, 0.2) is 48.5 Å². The van der Waals surface area contributed by atoms with Crippen molar-refractivity contribution >= 4 is 23.3 Å². The van der Waals surface area contributed by atoms with Crippen LogP contribution < -0.4 is 10.6 Å². The molecule has 0 saturated heterocycles. The van der Waals surface area contributed by atoms with Crippen molar-refractivity contribution in [1.82, 2.24) is 5.32 Å². The molecule has 0 bridgehead atoms. The topological polar surface area (TPSA) is 75.3 Å². The predicted octanol–water partition coefficient (Wildman–Crippen LogP) is 3.35. The second-order valence-electron chi connectivity index (χ2n) is 6.81. The van der Waals surface area contributed by atoms with E-state index in [9.17, 15) is 18.8 Å². The summed E-state index contributed by atoms with van der Waals surface area (Å²) in [5.41, 5.74) is 0.0857. The van der Waals surface area contributed by atoms with Gasteiger partial charge >= 0.3 is 0 Å². The summed E-state index contributed by atoms with van der Waals surface area (Å²) in [4.78, 5) is 36.4. The molecule has 2 rings (SSSR count). The molecule has 2 N–H and O–H groups in total. The van der Waals surface area contributed by atoms with E-state index in [1.165, 1.54) is 26.8 Å². The minimum absolute atomic E-state index is 0.115. The number of rotatable bonds is 7.